The quantitative estimate of drug-likeness (QED) is 0.522. The smallest absolute Gasteiger partial charge is 0.339 e. The maximum Gasteiger partial charge on any atom is 0.339 e. The van der Waals surface area contributed by atoms with Crippen LogP contribution in [-0.4, -0.2) is 19.5 Å². The van der Waals surface area contributed by atoms with Gasteiger partial charge in [-0.3, -0.25) is 4.79 Å². The van der Waals surface area contributed by atoms with Crippen LogP contribution in [0.3, 0.4) is 0 Å². The van der Waals surface area contributed by atoms with E-state index in [-0.39, 0.29) is 10.6 Å². The van der Waals surface area contributed by atoms with Crippen LogP contribution in [0.15, 0.2) is 12.1 Å². The molecule has 6 heteroatoms. The fourth-order valence-electron chi connectivity index (χ4n) is 0.992. The summed E-state index contributed by atoms with van der Waals surface area (Å²) < 4.78 is 5.16. The number of ether oxygens (including phenoxy) is 1. The van der Waals surface area contributed by atoms with Gasteiger partial charge in [-0.1, -0.05) is 11.6 Å². The molecule has 0 heterocycles. The van der Waals surface area contributed by atoms with Gasteiger partial charge in [0.15, 0.2) is 0 Å². The molecule has 0 unspecified atom stereocenters. The monoisotopic (exact) mass is 339 g/mol. The molecule has 0 spiro atoms. The van der Waals surface area contributed by atoms with E-state index < -0.39 is 5.97 Å². The highest BCUT2D eigenvalue weighted by atomic mass is 127. The number of methoxy groups -OCH3 is 1. The number of nitrogens with one attached hydrogen (secondary N) is 1. The lowest BCUT2D eigenvalue weighted by atomic mass is 10.2. The number of carbonyl (C=O) groups is 2. The number of hydrogen-bond donors (Lipinski definition) is 1. The lowest BCUT2D eigenvalue weighted by Gasteiger charge is -2.08. The van der Waals surface area contributed by atoms with Gasteiger partial charge in [0, 0.05) is 0 Å². The van der Waals surface area contributed by atoms with Gasteiger partial charge < -0.3 is 10.1 Å². The van der Waals surface area contributed by atoms with Crippen LogP contribution in [0.5, 0.6) is 0 Å². The van der Waals surface area contributed by atoms with E-state index in [1.54, 1.807) is 6.07 Å². The van der Waals surface area contributed by atoms with Crippen LogP contribution >= 0.6 is 34.2 Å². The first-order chi connectivity index (χ1) is 7.11. The Labute approximate surface area is 105 Å². The van der Waals surface area contributed by atoms with E-state index in [1.165, 1.54) is 13.2 Å². The molecular formula is C9H7ClINO3. The van der Waals surface area contributed by atoms with Crippen molar-refractivity contribution in [2.24, 2.45) is 0 Å². The number of esters is 1. The predicted molar refractivity (Wildman–Crippen MR) is 65.2 cm³/mol. The number of anilines is 1. The zero-order valence-corrected chi connectivity index (χ0v) is 10.6. The third-order valence-corrected chi connectivity index (χ3v) is 3.53. The van der Waals surface area contributed by atoms with Crippen molar-refractivity contribution in [2.45, 2.75) is 0 Å². The lowest BCUT2D eigenvalue weighted by Crippen LogP contribution is -2.05. The maximum absolute atomic E-state index is 11.3. The van der Waals surface area contributed by atoms with Gasteiger partial charge in [0.2, 0.25) is 6.41 Å². The number of hydrogen-bond acceptors (Lipinski definition) is 3. The number of amides is 1. The summed E-state index contributed by atoms with van der Waals surface area (Å²) in [5.74, 6) is -0.504. The molecule has 1 aromatic rings. The molecule has 0 bridgehead atoms. The summed E-state index contributed by atoms with van der Waals surface area (Å²) in [5, 5.41) is 2.75. The predicted octanol–water partition coefficient (Wildman–Crippen LogP) is 2.30. The molecule has 0 aliphatic rings. The van der Waals surface area contributed by atoms with E-state index in [0.717, 1.165) is 0 Å². The molecule has 80 valence electrons. The van der Waals surface area contributed by atoms with Crippen molar-refractivity contribution in [1.82, 2.24) is 0 Å². The van der Waals surface area contributed by atoms with Gasteiger partial charge in [0.1, 0.15) is 0 Å². The number of benzene rings is 1. The Bertz CT molecular complexity index is 409. The van der Waals surface area contributed by atoms with Gasteiger partial charge in [-0.2, -0.15) is 0 Å². The van der Waals surface area contributed by atoms with Gasteiger partial charge in [0.25, 0.3) is 0 Å². The first-order valence-corrected chi connectivity index (χ1v) is 5.34. The molecule has 0 atom stereocenters. The Kier molecular flexibility index (Phi) is 4.34. The SMILES string of the molecule is COC(=O)c1ccc(NC=O)c(I)c1Cl. The second-order valence-corrected chi connectivity index (χ2v) is 4.00. The van der Waals surface area contributed by atoms with Crippen LogP contribution in [0.25, 0.3) is 0 Å². The van der Waals surface area contributed by atoms with Crippen LogP contribution in [0.4, 0.5) is 5.69 Å². The van der Waals surface area contributed by atoms with E-state index >= 15 is 0 Å². The van der Waals surface area contributed by atoms with Gasteiger partial charge in [-0.15, -0.1) is 0 Å². The van der Waals surface area contributed by atoms with Gasteiger partial charge in [-0.05, 0) is 34.7 Å². The van der Waals surface area contributed by atoms with Crippen LogP contribution in [-0.2, 0) is 9.53 Å². The fraction of sp³-hybridized carbons (Fsp3) is 0.111. The molecule has 0 aliphatic heterocycles. The topological polar surface area (TPSA) is 55.4 Å². The second-order valence-electron chi connectivity index (χ2n) is 2.54. The highest BCUT2D eigenvalue weighted by Gasteiger charge is 2.15. The van der Waals surface area contributed by atoms with Crippen molar-refractivity contribution in [3.8, 4) is 0 Å². The normalized spacial score (nSPS) is 9.53. The number of rotatable bonds is 3. The Hall–Kier alpha value is -0.820. The van der Waals surface area contributed by atoms with Crippen LogP contribution in [0, 0.1) is 3.57 Å². The van der Waals surface area contributed by atoms with Crippen molar-refractivity contribution in [1.29, 1.82) is 0 Å². The van der Waals surface area contributed by atoms with E-state index in [0.29, 0.717) is 15.7 Å². The highest BCUT2D eigenvalue weighted by molar-refractivity contribution is 14.1. The molecule has 1 aromatic carbocycles. The highest BCUT2D eigenvalue weighted by Crippen LogP contribution is 2.29. The molecule has 0 fully saturated rings. The molecule has 0 radical (unpaired) electrons. The zero-order valence-electron chi connectivity index (χ0n) is 7.71. The summed E-state index contributed by atoms with van der Waals surface area (Å²) in [6.45, 7) is 0. The number of carbonyl (C=O) groups excluding carboxylic acids is 2. The Morgan fingerprint density at radius 2 is 2.27 bits per heavy atom. The van der Waals surface area contributed by atoms with E-state index in [2.05, 4.69) is 10.1 Å². The lowest BCUT2D eigenvalue weighted by molar-refractivity contribution is -0.105. The average molecular weight is 340 g/mol. The third kappa shape index (κ3) is 2.60. The molecule has 15 heavy (non-hydrogen) atoms. The summed E-state index contributed by atoms with van der Waals surface area (Å²) in [6.07, 6.45) is 0.547. The van der Waals surface area contributed by atoms with E-state index in [4.69, 9.17) is 11.6 Å². The fourth-order valence-corrected chi connectivity index (χ4v) is 1.86. The van der Waals surface area contributed by atoms with E-state index in [1.807, 2.05) is 22.6 Å². The van der Waals surface area contributed by atoms with Crippen molar-refractivity contribution in [2.75, 3.05) is 12.4 Å². The van der Waals surface area contributed by atoms with Crippen LogP contribution in [0.2, 0.25) is 5.02 Å². The molecule has 1 amide bonds. The van der Waals surface area contributed by atoms with Gasteiger partial charge in [0.05, 0.1) is 27.0 Å². The van der Waals surface area contributed by atoms with Crippen molar-refractivity contribution >= 4 is 52.3 Å². The molecule has 0 saturated carbocycles. The summed E-state index contributed by atoms with van der Waals surface area (Å²) in [4.78, 5) is 21.5. The van der Waals surface area contributed by atoms with E-state index in [9.17, 15) is 9.59 Å². The van der Waals surface area contributed by atoms with Crippen molar-refractivity contribution in [3.05, 3.63) is 26.3 Å². The molecule has 1 rings (SSSR count). The molecule has 4 nitrogen and oxygen atoms in total. The number of halogens is 2. The summed E-state index contributed by atoms with van der Waals surface area (Å²) >= 11 is 7.89. The van der Waals surface area contributed by atoms with Crippen LogP contribution < -0.4 is 5.32 Å². The Morgan fingerprint density at radius 1 is 1.60 bits per heavy atom. The average Bonchev–Trinajstić information content (AvgIpc) is 2.24. The Balaban J connectivity index is 3.20. The van der Waals surface area contributed by atoms with Gasteiger partial charge in [-0.25, -0.2) is 4.79 Å². The first-order valence-electron chi connectivity index (χ1n) is 3.88. The summed E-state index contributed by atoms with van der Waals surface area (Å²) in [7, 11) is 1.28. The second kappa shape index (κ2) is 5.32. The minimum atomic E-state index is -0.504. The summed E-state index contributed by atoms with van der Waals surface area (Å²) in [5.41, 5.74) is 0.836. The minimum absolute atomic E-state index is 0.273. The molecular weight excluding hydrogens is 332 g/mol. The van der Waals surface area contributed by atoms with Crippen LogP contribution in [0.1, 0.15) is 10.4 Å². The Morgan fingerprint density at radius 3 is 2.80 bits per heavy atom. The molecule has 0 saturated heterocycles. The summed E-state index contributed by atoms with van der Waals surface area (Å²) in [6, 6.07) is 3.09. The molecule has 1 N–H and O–H groups in total. The van der Waals surface area contributed by atoms with Crippen molar-refractivity contribution < 1.29 is 14.3 Å². The molecule has 0 aromatic heterocycles. The van der Waals surface area contributed by atoms with Gasteiger partial charge >= 0.3 is 5.97 Å². The zero-order chi connectivity index (χ0) is 11.4. The standard InChI is InChI=1S/C9H7ClINO3/c1-15-9(14)5-2-3-6(12-4-13)8(11)7(5)10/h2-4H,1H3,(H,12,13). The minimum Gasteiger partial charge on any atom is -0.465 e. The third-order valence-electron chi connectivity index (χ3n) is 1.70. The largest absolute Gasteiger partial charge is 0.465 e. The first kappa shape index (κ1) is 12.3. The molecule has 0 aliphatic carbocycles. The van der Waals surface area contributed by atoms with Crippen molar-refractivity contribution in [3.63, 3.8) is 0 Å². The maximum atomic E-state index is 11.3.